The Morgan fingerprint density at radius 3 is 2.10 bits per heavy atom. The van der Waals surface area contributed by atoms with E-state index in [1.807, 2.05) is 134 Å². The van der Waals surface area contributed by atoms with Crippen molar-refractivity contribution >= 4 is 39.9 Å². The van der Waals surface area contributed by atoms with Crippen LogP contribution in [0.3, 0.4) is 0 Å². The molecule has 3 amide bonds. The van der Waals surface area contributed by atoms with E-state index >= 15 is 9.59 Å². The lowest BCUT2D eigenvalue weighted by molar-refractivity contribution is -0.147. The number of hydrogen-bond donors (Lipinski definition) is 1. The lowest BCUT2D eigenvalue weighted by Gasteiger charge is -2.40. The summed E-state index contributed by atoms with van der Waals surface area (Å²) in [5, 5.41) is 12.9. The van der Waals surface area contributed by atoms with Crippen molar-refractivity contribution in [2.75, 3.05) is 29.5 Å². The molecule has 4 heterocycles. The zero-order chi connectivity index (χ0) is 33.0. The Morgan fingerprint density at radius 2 is 1.38 bits per heavy atom. The Kier molecular flexibility index (Phi) is 7.31. The Hall–Kier alpha value is -5.05. The fraction of sp³-hybridized carbons (Fsp3) is 0.275. The van der Waals surface area contributed by atoms with Gasteiger partial charge in [0.25, 0.3) is 5.91 Å². The predicted octanol–water partition coefficient (Wildman–Crippen LogP) is 4.92. The molecular weight excluding hydrogens is 602 g/mol. The third-order valence-corrected chi connectivity index (χ3v) is 10.5. The minimum absolute atomic E-state index is 0.232. The summed E-state index contributed by atoms with van der Waals surface area (Å²) in [6, 6.07) is 31.1. The van der Waals surface area contributed by atoms with E-state index in [1.54, 1.807) is 9.80 Å². The lowest BCUT2D eigenvalue weighted by atomic mass is 9.74. The van der Waals surface area contributed by atoms with Crippen molar-refractivity contribution in [3.8, 4) is 0 Å². The second-order valence-corrected chi connectivity index (χ2v) is 13.3. The van der Waals surface area contributed by atoms with Gasteiger partial charge in [-0.3, -0.25) is 14.4 Å². The predicted molar refractivity (Wildman–Crippen MR) is 184 cm³/mol. The van der Waals surface area contributed by atoms with Crippen LogP contribution >= 0.6 is 0 Å². The van der Waals surface area contributed by atoms with Crippen LogP contribution in [-0.4, -0.2) is 70.7 Å². The molecule has 8 rings (SSSR count). The van der Waals surface area contributed by atoms with Gasteiger partial charge >= 0.3 is 0 Å². The van der Waals surface area contributed by atoms with Crippen LogP contribution in [0.5, 0.6) is 0 Å². The van der Waals surface area contributed by atoms with Crippen molar-refractivity contribution in [2.24, 2.45) is 11.8 Å². The molecule has 0 aromatic heterocycles. The van der Waals surface area contributed by atoms with E-state index in [-0.39, 0.29) is 30.9 Å². The Labute approximate surface area is 279 Å². The molecule has 1 spiro atoms. The standard InChI is InChI=1S/C40H37N3O5/c1-39-20-10-22-41(30-16-6-3-7-17-30)36(45)33(39)34-37(46)43(32(26-44)24-27-12-4-2-5-13-27)35-38(47)42(23-11-21-40(34,35)48-39)31-19-18-28-14-8-9-15-29(28)25-31/h2-21,25,32-35,44H,22-24,26H2,1H3/t32-,33-,34+,35?,39+,40+/m1/s1. The van der Waals surface area contributed by atoms with Gasteiger partial charge < -0.3 is 24.5 Å². The lowest BCUT2D eigenvalue weighted by Crippen LogP contribution is -2.59. The number of rotatable bonds is 6. The van der Waals surface area contributed by atoms with E-state index in [0.29, 0.717) is 18.7 Å². The van der Waals surface area contributed by atoms with Crippen molar-refractivity contribution in [1.29, 1.82) is 0 Å². The van der Waals surface area contributed by atoms with Crippen LogP contribution in [0.25, 0.3) is 10.8 Å². The first-order valence-corrected chi connectivity index (χ1v) is 16.5. The van der Waals surface area contributed by atoms with Crippen LogP contribution < -0.4 is 9.80 Å². The monoisotopic (exact) mass is 639 g/mol. The van der Waals surface area contributed by atoms with Gasteiger partial charge in [-0.05, 0) is 53.9 Å². The molecule has 1 unspecified atom stereocenters. The first-order valence-electron chi connectivity index (χ1n) is 16.5. The number of hydrogen-bond acceptors (Lipinski definition) is 5. The second kappa shape index (κ2) is 11.6. The summed E-state index contributed by atoms with van der Waals surface area (Å²) >= 11 is 0. The third-order valence-electron chi connectivity index (χ3n) is 10.5. The molecule has 2 fully saturated rings. The zero-order valence-corrected chi connectivity index (χ0v) is 26.7. The number of benzene rings is 4. The average molecular weight is 640 g/mol. The van der Waals surface area contributed by atoms with Gasteiger partial charge in [0.15, 0.2) is 0 Å². The Bertz CT molecular complexity index is 1960. The molecule has 2 saturated heterocycles. The van der Waals surface area contributed by atoms with E-state index in [2.05, 4.69) is 0 Å². The molecule has 0 bridgehead atoms. The maximum Gasteiger partial charge on any atom is 0.253 e. The molecule has 4 aliphatic heterocycles. The molecule has 242 valence electrons. The summed E-state index contributed by atoms with van der Waals surface area (Å²) in [5.41, 5.74) is -0.244. The number of carbonyl (C=O) groups excluding carboxylic acids is 3. The fourth-order valence-corrected chi connectivity index (χ4v) is 8.41. The number of nitrogens with zero attached hydrogens (tertiary/aromatic N) is 3. The summed E-state index contributed by atoms with van der Waals surface area (Å²) in [6.45, 7) is 2.08. The number of ether oxygens (including phenoxy) is 1. The van der Waals surface area contributed by atoms with Gasteiger partial charge in [0, 0.05) is 24.5 Å². The third kappa shape index (κ3) is 4.62. The van der Waals surface area contributed by atoms with E-state index in [1.165, 1.54) is 4.90 Å². The number of amides is 3. The van der Waals surface area contributed by atoms with Crippen LogP contribution in [0.2, 0.25) is 0 Å². The van der Waals surface area contributed by atoms with E-state index < -0.39 is 35.1 Å². The number of anilines is 2. The second-order valence-electron chi connectivity index (χ2n) is 13.3. The Morgan fingerprint density at radius 1 is 0.729 bits per heavy atom. The van der Waals surface area contributed by atoms with Crippen LogP contribution in [0.4, 0.5) is 11.4 Å². The van der Waals surface area contributed by atoms with Crippen molar-refractivity contribution < 1.29 is 24.2 Å². The van der Waals surface area contributed by atoms with Crippen LogP contribution in [0.15, 0.2) is 127 Å². The molecular formula is C40H37N3O5. The van der Waals surface area contributed by atoms with E-state index in [4.69, 9.17) is 4.74 Å². The van der Waals surface area contributed by atoms with Gasteiger partial charge in [0.05, 0.1) is 30.1 Å². The summed E-state index contributed by atoms with van der Waals surface area (Å²) < 4.78 is 7.04. The smallest absolute Gasteiger partial charge is 0.253 e. The van der Waals surface area contributed by atoms with Gasteiger partial charge in [-0.1, -0.05) is 103 Å². The number of carbonyl (C=O) groups is 3. The van der Waals surface area contributed by atoms with Crippen molar-refractivity contribution in [1.82, 2.24) is 4.90 Å². The van der Waals surface area contributed by atoms with E-state index in [0.717, 1.165) is 22.0 Å². The summed E-state index contributed by atoms with van der Waals surface area (Å²) in [5.74, 6) is -2.80. The molecule has 6 atom stereocenters. The SMILES string of the molecule is C[C@]12C=CCN(c3ccccc3)C(=O)[C@H]1[C@H]1C(=O)N([C@@H](CO)Cc3ccccc3)C3C(=O)N(c4ccc5ccccc5c4)CC=C[C@@]31O2. The molecule has 0 radical (unpaired) electrons. The van der Waals surface area contributed by atoms with Crippen molar-refractivity contribution in [3.63, 3.8) is 0 Å². The highest BCUT2D eigenvalue weighted by molar-refractivity contribution is 6.08. The van der Waals surface area contributed by atoms with Gasteiger partial charge in [-0.25, -0.2) is 0 Å². The van der Waals surface area contributed by atoms with E-state index in [9.17, 15) is 9.90 Å². The number of para-hydroxylation sites is 1. The zero-order valence-electron chi connectivity index (χ0n) is 26.7. The maximum absolute atomic E-state index is 15.1. The van der Waals surface area contributed by atoms with Crippen molar-refractivity contribution in [2.45, 2.75) is 36.6 Å². The first kappa shape index (κ1) is 30.3. The molecule has 1 N–H and O–H groups in total. The number of aliphatic hydroxyl groups is 1. The molecule has 4 aromatic carbocycles. The number of aliphatic hydroxyl groups excluding tert-OH is 1. The van der Waals surface area contributed by atoms with Crippen LogP contribution in [-0.2, 0) is 25.5 Å². The number of fused-ring (bicyclic) bond motifs is 3. The van der Waals surface area contributed by atoms with Crippen molar-refractivity contribution in [3.05, 3.63) is 133 Å². The summed E-state index contributed by atoms with van der Waals surface area (Å²) in [7, 11) is 0. The van der Waals surface area contributed by atoms with Crippen LogP contribution in [0, 0.1) is 11.8 Å². The van der Waals surface area contributed by atoms with Gasteiger partial charge in [-0.15, -0.1) is 0 Å². The minimum Gasteiger partial charge on any atom is -0.394 e. The fourth-order valence-electron chi connectivity index (χ4n) is 8.41. The molecule has 0 saturated carbocycles. The highest BCUT2D eigenvalue weighted by atomic mass is 16.5. The highest BCUT2D eigenvalue weighted by Crippen LogP contribution is 2.58. The minimum atomic E-state index is -1.44. The van der Waals surface area contributed by atoms with Gasteiger partial charge in [0.1, 0.15) is 11.6 Å². The van der Waals surface area contributed by atoms with Crippen LogP contribution in [0.1, 0.15) is 12.5 Å². The summed E-state index contributed by atoms with van der Waals surface area (Å²) in [4.78, 5) is 49.7. The Balaban J connectivity index is 1.27. The molecule has 4 aromatic rings. The number of likely N-dealkylation sites (tertiary alicyclic amines) is 1. The summed E-state index contributed by atoms with van der Waals surface area (Å²) in [6.07, 6.45) is 7.87. The average Bonchev–Trinajstić information content (AvgIpc) is 3.38. The molecule has 0 aliphatic carbocycles. The highest BCUT2D eigenvalue weighted by Gasteiger charge is 2.75. The normalized spacial score (nSPS) is 28.7. The molecule has 8 heteroatoms. The largest absolute Gasteiger partial charge is 0.394 e. The molecule has 8 nitrogen and oxygen atoms in total. The first-order chi connectivity index (χ1) is 23.3. The quantitative estimate of drug-likeness (QED) is 0.303. The van der Waals surface area contributed by atoms with Gasteiger partial charge in [-0.2, -0.15) is 0 Å². The molecule has 48 heavy (non-hydrogen) atoms. The molecule has 4 aliphatic rings. The maximum atomic E-state index is 15.1. The topological polar surface area (TPSA) is 90.4 Å². The van der Waals surface area contributed by atoms with Gasteiger partial charge in [0.2, 0.25) is 11.8 Å².